The summed E-state index contributed by atoms with van der Waals surface area (Å²) in [5.41, 5.74) is 0.0658. The van der Waals surface area contributed by atoms with Crippen molar-refractivity contribution in [1.82, 2.24) is 10.6 Å². The van der Waals surface area contributed by atoms with Crippen LogP contribution < -0.4 is 10.6 Å². The highest BCUT2D eigenvalue weighted by molar-refractivity contribution is 6.39. The standard InChI is InChI=1S/C36H35Cl2N3O8/c1-22(2)33(40-30(43)17-16-23-10-5-3-6-11-23)28-20-36(49-41-28,19-24-12-7-4-8-13-24)35(47)39-27(18-31(44)45)29(42)21-48-34(46)32-25(37)14-9-15-26(32)38/h3-17,22,27,33H,18-21H2,1-2H3,(H,39,47)(H,40,43)(H,44,45)/b17-16+/t27-,33-,36?/m0/s1. The topological polar surface area (TPSA) is 160 Å². The number of esters is 1. The third kappa shape index (κ3) is 10.0. The second-order valence-electron chi connectivity index (χ2n) is 11.7. The SMILES string of the molecule is CC(C)[C@H](NC(=O)/C=C/c1ccccc1)C1=NOC(Cc2ccccc2)(C(=O)N[C@@H](CC(=O)O)C(=O)COC(=O)c2c(Cl)cccc2Cl)C1. The van der Waals surface area contributed by atoms with E-state index in [1.165, 1.54) is 24.3 Å². The number of carboxylic acid groups (broad SMARTS) is 1. The van der Waals surface area contributed by atoms with Gasteiger partial charge in [0.15, 0.2) is 12.4 Å². The van der Waals surface area contributed by atoms with Gasteiger partial charge in [0, 0.05) is 18.9 Å². The Morgan fingerprint density at radius 2 is 1.57 bits per heavy atom. The van der Waals surface area contributed by atoms with Crippen LogP contribution in [0.15, 0.2) is 90.1 Å². The molecule has 3 N–H and O–H groups in total. The highest BCUT2D eigenvalue weighted by Gasteiger charge is 2.49. The van der Waals surface area contributed by atoms with E-state index < -0.39 is 54.3 Å². The molecule has 1 aliphatic heterocycles. The fourth-order valence-corrected chi connectivity index (χ4v) is 5.73. The number of carbonyl (C=O) groups is 5. The fourth-order valence-electron chi connectivity index (χ4n) is 5.18. The molecule has 13 heteroatoms. The first-order chi connectivity index (χ1) is 23.4. The van der Waals surface area contributed by atoms with Crippen LogP contribution in [0.25, 0.3) is 6.08 Å². The summed E-state index contributed by atoms with van der Waals surface area (Å²) in [6.45, 7) is 2.89. The molecule has 256 valence electrons. The highest BCUT2D eigenvalue weighted by atomic mass is 35.5. The summed E-state index contributed by atoms with van der Waals surface area (Å²) >= 11 is 12.1. The second-order valence-corrected chi connectivity index (χ2v) is 12.6. The van der Waals surface area contributed by atoms with E-state index in [1.54, 1.807) is 36.4 Å². The van der Waals surface area contributed by atoms with Crippen LogP contribution in [0.1, 0.15) is 48.2 Å². The van der Waals surface area contributed by atoms with Crippen LogP contribution in [0.3, 0.4) is 0 Å². The quantitative estimate of drug-likeness (QED) is 0.142. The van der Waals surface area contributed by atoms with E-state index in [1.807, 2.05) is 44.2 Å². The summed E-state index contributed by atoms with van der Waals surface area (Å²) in [4.78, 5) is 70.4. The maximum Gasteiger partial charge on any atom is 0.341 e. The van der Waals surface area contributed by atoms with Crippen LogP contribution in [0, 0.1) is 5.92 Å². The number of aliphatic carboxylic acids is 1. The smallest absolute Gasteiger partial charge is 0.341 e. The Balaban J connectivity index is 1.52. The Hall–Kier alpha value is -5.00. The monoisotopic (exact) mass is 707 g/mol. The van der Waals surface area contributed by atoms with Gasteiger partial charge in [-0.05, 0) is 35.3 Å². The number of ketones is 1. The molecule has 0 radical (unpaired) electrons. The van der Waals surface area contributed by atoms with Crippen LogP contribution >= 0.6 is 23.2 Å². The van der Waals surface area contributed by atoms with Crippen molar-refractivity contribution in [2.24, 2.45) is 11.1 Å². The molecule has 3 atom stereocenters. The van der Waals surface area contributed by atoms with Crippen LogP contribution in [-0.4, -0.2) is 64.6 Å². The number of carbonyl (C=O) groups excluding carboxylic acids is 4. The van der Waals surface area contributed by atoms with Crippen LogP contribution in [-0.2, 0) is 35.2 Å². The minimum atomic E-state index is -1.70. The largest absolute Gasteiger partial charge is 0.481 e. The number of hydrogen-bond acceptors (Lipinski definition) is 8. The first-order valence-electron chi connectivity index (χ1n) is 15.4. The number of ether oxygens (including phenoxy) is 1. The van der Waals surface area contributed by atoms with E-state index in [0.717, 1.165) is 5.56 Å². The van der Waals surface area contributed by atoms with Crippen molar-refractivity contribution in [2.45, 2.75) is 50.8 Å². The van der Waals surface area contributed by atoms with Gasteiger partial charge in [0.25, 0.3) is 5.91 Å². The lowest BCUT2D eigenvalue weighted by atomic mass is 9.84. The van der Waals surface area contributed by atoms with E-state index in [4.69, 9.17) is 32.8 Å². The maximum atomic E-state index is 14.0. The first kappa shape index (κ1) is 36.8. The number of hydrogen-bond donors (Lipinski definition) is 3. The van der Waals surface area contributed by atoms with Gasteiger partial charge < -0.3 is 25.3 Å². The normalized spacial score (nSPS) is 16.7. The van der Waals surface area contributed by atoms with E-state index in [0.29, 0.717) is 11.3 Å². The average Bonchev–Trinajstić information content (AvgIpc) is 3.50. The molecule has 3 aromatic carbocycles. The Morgan fingerprint density at radius 3 is 2.18 bits per heavy atom. The number of oxime groups is 1. The number of rotatable bonds is 15. The fraction of sp³-hybridized carbons (Fsp3) is 0.278. The summed E-state index contributed by atoms with van der Waals surface area (Å²) < 4.78 is 5.10. The zero-order chi connectivity index (χ0) is 35.6. The third-order valence-corrected chi connectivity index (χ3v) is 8.32. The van der Waals surface area contributed by atoms with Gasteiger partial charge in [0.1, 0.15) is 6.04 Å². The third-order valence-electron chi connectivity index (χ3n) is 7.69. The molecule has 0 fully saturated rings. The van der Waals surface area contributed by atoms with Gasteiger partial charge in [-0.3, -0.25) is 19.2 Å². The number of Topliss-reactive ketones (excluding diaryl/α,β-unsaturated/α-hetero) is 1. The van der Waals surface area contributed by atoms with E-state index in [2.05, 4.69) is 15.8 Å². The Morgan fingerprint density at radius 1 is 0.939 bits per heavy atom. The lowest BCUT2D eigenvalue weighted by molar-refractivity contribution is -0.148. The Kier molecular flexibility index (Phi) is 12.7. The molecule has 49 heavy (non-hydrogen) atoms. The number of carboxylic acids is 1. The van der Waals surface area contributed by atoms with E-state index in [-0.39, 0.29) is 40.3 Å². The van der Waals surface area contributed by atoms with Gasteiger partial charge in [0.2, 0.25) is 11.5 Å². The molecule has 3 aromatic rings. The molecule has 0 saturated carbocycles. The number of nitrogens with one attached hydrogen (secondary N) is 2. The minimum Gasteiger partial charge on any atom is -0.481 e. The van der Waals surface area contributed by atoms with Crippen molar-refractivity contribution in [1.29, 1.82) is 0 Å². The Bertz CT molecular complexity index is 1730. The van der Waals surface area contributed by atoms with Crippen molar-refractivity contribution in [3.63, 3.8) is 0 Å². The van der Waals surface area contributed by atoms with Gasteiger partial charge in [-0.1, -0.05) is 109 Å². The second kappa shape index (κ2) is 16.9. The Labute approximate surface area is 293 Å². The number of benzene rings is 3. The molecule has 11 nitrogen and oxygen atoms in total. The molecular weight excluding hydrogens is 673 g/mol. The molecule has 1 aliphatic rings. The van der Waals surface area contributed by atoms with Crippen LogP contribution in [0.4, 0.5) is 0 Å². The molecule has 0 bridgehead atoms. The highest BCUT2D eigenvalue weighted by Crippen LogP contribution is 2.32. The first-order valence-corrected chi connectivity index (χ1v) is 16.1. The lowest BCUT2D eigenvalue weighted by Crippen LogP contribution is -2.55. The summed E-state index contributed by atoms with van der Waals surface area (Å²) in [5.74, 6) is -4.62. The zero-order valence-corrected chi connectivity index (χ0v) is 28.2. The summed E-state index contributed by atoms with van der Waals surface area (Å²) in [6.07, 6.45) is 2.20. The van der Waals surface area contributed by atoms with Gasteiger partial charge in [-0.15, -0.1) is 0 Å². The molecule has 0 spiro atoms. The molecule has 1 heterocycles. The van der Waals surface area contributed by atoms with E-state index in [9.17, 15) is 29.1 Å². The minimum absolute atomic E-state index is 0.000450. The van der Waals surface area contributed by atoms with Crippen LogP contribution in [0.2, 0.25) is 10.0 Å². The van der Waals surface area contributed by atoms with Crippen molar-refractivity contribution in [3.8, 4) is 0 Å². The van der Waals surface area contributed by atoms with Crippen molar-refractivity contribution >= 4 is 64.5 Å². The van der Waals surface area contributed by atoms with Gasteiger partial charge in [0.05, 0.1) is 33.8 Å². The summed E-state index contributed by atoms with van der Waals surface area (Å²) in [7, 11) is 0. The zero-order valence-electron chi connectivity index (χ0n) is 26.7. The molecular formula is C36H35Cl2N3O8. The number of amides is 2. The van der Waals surface area contributed by atoms with Crippen molar-refractivity contribution in [3.05, 3.63) is 112 Å². The van der Waals surface area contributed by atoms with Gasteiger partial charge in [-0.25, -0.2) is 4.79 Å². The average molecular weight is 709 g/mol. The van der Waals surface area contributed by atoms with Gasteiger partial charge in [-0.2, -0.15) is 0 Å². The van der Waals surface area contributed by atoms with Gasteiger partial charge >= 0.3 is 11.9 Å². The maximum absolute atomic E-state index is 14.0. The summed E-state index contributed by atoms with van der Waals surface area (Å²) in [5, 5.41) is 19.2. The molecule has 2 amide bonds. The predicted molar refractivity (Wildman–Crippen MR) is 184 cm³/mol. The summed E-state index contributed by atoms with van der Waals surface area (Å²) in [6, 6.07) is 20.4. The van der Waals surface area contributed by atoms with Crippen molar-refractivity contribution < 1.29 is 38.7 Å². The molecule has 0 aliphatic carbocycles. The molecule has 0 aromatic heterocycles. The molecule has 0 saturated heterocycles. The number of nitrogens with zero attached hydrogens (tertiary/aromatic N) is 1. The predicted octanol–water partition coefficient (Wildman–Crippen LogP) is 5.29. The lowest BCUT2D eigenvalue weighted by Gasteiger charge is -2.29. The molecule has 1 unspecified atom stereocenters. The number of halogens is 2. The van der Waals surface area contributed by atoms with E-state index >= 15 is 0 Å². The van der Waals surface area contributed by atoms with Crippen LogP contribution in [0.5, 0.6) is 0 Å². The molecule has 4 rings (SSSR count). The van der Waals surface area contributed by atoms with Crippen molar-refractivity contribution in [2.75, 3.05) is 6.61 Å².